The molecule has 2 aromatic carbocycles. The maximum absolute atomic E-state index is 12.3. The summed E-state index contributed by atoms with van der Waals surface area (Å²) in [6.07, 6.45) is 1.30. The summed E-state index contributed by atoms with van der Waals surface area (Å²) in [7, 11) is 0. The first-order chi connectivity index (χ1) is 12.9. The SMILES string of the molecule is Cc1ccc(CC(C)C(=O)NCc2ccc(OCCCC(=O)O)cc2)cc1. The predicted molar refractivity (Wildman–Crippen MR) is 105 cm³/mol. The van der Waals surface area contributed by atoms with E-state index in [0.717, 1.165) is 17.5 Å². The Morgan fingerprint density at radius 1 is 1.04 bits per heavy atom. The van der Waals surface area contributed by atoms with Crippen LogP contribution in [0.3, 0.4) is 0 Å². The molecule has 0 heterocycles. The molecule has 0 saturated heterocycles. The topological polar surface area (TPSA) is 75.6 Å². The molecule has 2 rings (SSSR count). The number of carboxylic acids is 1. The van der Waals surface area contributed by atoms with Gasteiger partial charge in [-0.3, -0.25) is 9.59 Å². The predicted octanol–water partition coefficient (Wildman–Crippen LogP) is 3.73. The van der Waals surface area contributed by atoms with Crippen molar-refractivity contribution in [3.05, 3.63) is 65.2 Å². The van der Waals surface area contributed by atoms with Crippen molar-refractivity contribution in [3.63, 3.8) is 0 Å². The van der Waals surface area contributed by atoms with Crippen molar-refractivity contribution >= 4 is 11.9 Å². The van der Waals surface area contributed by atoms with Crippen LogP contribution in [-0.4, -0.2) is 23.6 Å². The Bertz CT molecular complexity index is 738. The second-order valence-electron chi connectivity index (χ2n) is 6.80. The van der Waals surface area contributed by atoms with Gasteiger partial charge in [-0.25, -0.2) is 0 Å². The second-order valence-corrected chi connectivity index (χ2v) is 6.80. The van der Waals surface area contributed by atoms with Gasteiger partial charge in [0, 0.05) is 18.9 Å². The second kappa shape index (κ2) is 10.4. The number of benzene rings is 2. The maximum atomic E-state index is 12.3. The lowest BCUT2D eigenvalue weighted by Crippen LogP contribution is -2.29. The van der Waals surface area contributed by atoms with Crippen molar-refractivity contribution in [2.75, 3.05) is 6.61 Å². The number of hydrogen-bond acceptors (Lipinski definition) is 3. The van der Waals surface area contributed by atoms with Crippen LogP contribution in [0, 0.1) is 12.8 Å². The molecule has 144 valence electrons. The standard InChI is InChI=1S/C22H27NO4/c1-16-5-7-18(8-6-16)14-17(2)22(26)23-15-19-9-11-20(12-10-19)27-13-3-4-21(24)25/h5-12,17H,3-4,13-15H2,1-2H3,(H,23,26)(H,24,25). The number of carbonyl (C=O) groups is 2. The maximum Gasteiger partial charge on any atom is 0.303 e. The summed E-state index contributed by atoms with van der Waals surface area (Å²) >= 11 is 0. The largest absolute Gasteiger partial charge is 0.494 e. The average Bonchev–Trinajstić information content (AvgIpc) is 2.66. The molecular weight excluding hydrogens is 342 g/mol. The highest BCUT2D eigenvalue weighted by Crippen LogP contribution is 2.14. The van der Waals surface area contributed by atoms with Gasteiger partial charge in [0.2, 0.25) is 5.91 Å². The monoisotopic (exact) mass is 369 g/mol. The van der Waals surface area contributed by atoms with E-state index >= 15 is 0 Å². The number of aliphatic carboxylic acids is 1. The Morgan fingerprint density at radius 2 is 1.67 bits per heavy atom. The van der Waals surface area contributed by atoms with E-state index in [1.54, 1.807) is 0 Å². The minimum Gasteiger partial charge on any atom is -0.494 e. The minimum atomic E-state index is -0.818. The molecule has 1 unspecified atom stereocenters. The number of carbonyl (C=O) groups excluding carboxylic acids is 1. The Kier molecular flexibility index (Phi) is 7.86. The van der Waals surface area contributed by atoms with Crippen molar-refractivity contribution in [1.82, 2.24) is 5.32 Å². The van der Waals surface area contributed by atoms with Crippen molar-refractivity contribution in [1.29, 1.82) is 0 Å². The van der Waals surface area contributed by atoms with Crippen LogP contribution in [0.15, 0.2) is 48.5 Å². The van der Waals surface area contributed by atoms with Gasteiger partial charge in [-0.15, -0.1) is 0 Å². The lowest BCUT2D eigenvalue weighted by atomic mass is 9.99. The molecule has 0 aromatic heterocycles. The summed E-state index contributed by atoms with van der Waals surface area (Å²) in [4.78, 5) is 22.8. The lowest BCUT2D eigenvalue weighted by molar-refractivity contribution is -0.137. The highest BCUT2D eigenvalue weighted by Gasteiger charge is 2.13. The number of hydrogen-bond donors (Lipinski definition) is 2. The van der Waals surface area contributed by atoms with Crippen LogP contribution in [-0.2, 0) is 22.6 Å². The lowest BCUT2D eigenvalue weighted by Gasteiger charge is -2.13. The molecule has 0 fully saturated rings. The van der Waals surface area contributed by atoms with E-state index in [2.05, 4.69) is 29.6 Å². The fourth-order valence-corrected chi connectivity index (χ4v) is 2.65. The fraction of sp³-hybridized carbons (Fsp3) is 0.364. The molecule has 1 amide bonds. The molecule has 27 heavy (non-hydrogen) atoms. The quantitative estimate of drug-likeness (QED) is 0.626. The molecule has 2 N–H and O–H groups in total. The molecule has 0 radical (unpaired) electrons. The molecule has 2 aromatic rings. The summed E-state index contributed by atoms with van der Waals surface area (Å²) in [6, 6.07) is 15.7. The first-order valence-electron chi connectivity index (χ1n) is 9.21. The van der Waals surface area contributed by atoms with E-state index in [-0.39, 0.29) is 18.2 Å². The number of rotatable bonds is 10. The molecule has 0 aliphatic carbocycles. The molecule has 5 heteroatoms. The van der Waals surface area contributed by atoms with Gasteiger partial charge < -0.3 is 15.2 Å². The zero-order valence-electron chi connectivity index (χ0n) is 15.9. The Morgan fingerprint density at radius 3 is 2.30 bits per heavy atom. The third-order valence-corrected chi connectivity index (χ3v) is 4.30. The van der Waals surface area contributed by atoms with Crippen molar-refractivity contribution < 1.29 is 19.4 Å². The summed E-state index contributed by atoms with van der Waals surface area (Å²) in [5, 5.41) is 11.6. The zero-order valence-corrected chi connectivity index (χ0v) is 15.9. The van der Waals surface area contributed by atoms with Gasteiger partial charge in [-0.1, -0.05) is 48.9 Å². The Hall–Kier alpha value is -2.82. The van der Waals surface area contributed by atoms with Crippen molar-refractivity contribution in [2.24, 2.45) is 5.92 Å². The van der Waals surface area contributed by atoms with E-state index < -0.39 is 5.97 Å². The van der Waals surface area contributed by atoms with Gasteiger partial charge >= 0.3 is 5.97 Å². The van der Waals surface area contributed by atoms with Crippen molar-refractivity contribution in [2.45, 2.75) is 39.7 Å². The van der Waals surface area contributed by atoms with Gasteiger partial charge in [-0.2, -0.15) is 0 Å². The molecule has 0 aliphatic rings. The van der Waals surface area contributed by atoms with Crippen molar-refractivity contribution in [3.8, 4) is 5.75 Å². The van der Waals surface area contributed by atoms with Gasteiger partial charge in [0.15, 0.2) is 0 Å². The van der Waals surface area contributed by atoms with Crippen LogP contribution < -0.4 is 10.1 Å². The smallest absolute Gasteiger partial charge is 0.303 e. The number of aryl methyl sites for hydroxylation is 1. The summed E-state index contributed by atoms with van der Waals surface area (Å²) < 4.78 is 5.50. The first-order valence-corrected chi connectivity index (χ1v) is 9.21. The molecular formula is C22H27NO4. The molecule has 0 aliphatic heterocycles. The third kappa shape index (κ3) is 7.52. The number of amides is 1. The van der Waals surface area contributed by atoms with Crippen LogP contribution in [0.2, 0.25) is 0 Å². The summed E-state index contributed by atoms with van der Waals surface area (Å²) in [5.41, 5.74) is 3.36. The van der Waals surface area contributed by atoms with Crippen LogP contribution in [0.1, 0.15) is 36.5 Å². The average molecular weight is 369 g/mol. The van der Waals surface area contributed by atoms with E-state index in [1.165, 1.54) is 5.56 Å². The minimum absolute atomic E-state index is 0.0320. The number of carboxylic acid groups (broad SMARTS) is 1. The van der Waals surface area contributed by atoms with Gasteiger partial charge in [-0.05, 0) is 43.0 Å². The highest BCUT2D eigenvalue weighted by atomic mass is 16.5. The van der Waals surface area contributed by atoms with Crippen LogP contribution in [0.25, 0.3) is 0 Å². The summed E-state index contributed by atoms with van der Waals surface area (Å²) in [5.74, 6) is -0.182. The normalized spacial score (nSPS) is 11.6. The van der Waals surface area contributed by atoms with Crippen LogP contribution >= 0.6 is 0 Å². The van der Waals surface area contributed by atoms with E-state index in [0.29, 0.717) is 25.3 Å². The van der Waals surface area contributed by atoms with E-state index in [1.807, 2.05) is 38.1 Å². The zero-order chi connectivity index (χ0) is 19.6. The van der Waals surface area contributed by atoms with Crippen LogP contribution in [0.4, 0.5) is 0 Å². The Balaban J connectivity index is 1.74. The van der Waals surface area contributed by atoms with E-state index in [4.69, 9.17) is 9.84 Å². The molecule has 0 spiro atoms. The molecule has 5 nitrogen and oxygen atoms in total. The van der Waals surface area contributed by atoms with Gasteiger partial charge in [0.25, 0.3) is 0 Å². The van der Waals surface area contributed by atoms with Crippen LogP contribution in [0.5, 0.6) is 5.75 Å². The van der Waals surface area contributed by atoms with Gasteiger partial charge in [0.05, 0.1) is 6.61 Å². The summed E-state index contributed by atoms with van der Waals surface area (Å²) in [6.45, 7) is 4.82. The fourth-order valence-electron chi connectivity index (χ4n) is 2.65. The molecule has 0 saturated carbocycles. The third-order valence-electron chi connectivity index (χ3n) is 4.30. The Labute approximate surface area is 160 Å². The molecule has 1 atom stereocenters. The van der Waals surface area contributed by atoms with E-state index in [9.17, 15) is 9.59 Å². The molecule has 0 bridgehead atoms. The number of ether oxygens (including phenoxy) is 1. The first kappa shape index (κ1) is 20.5. The van der Waals surface area contributed by atoms with Gasteiger partial charge in [0.1, 0.15) is 5.75 Å². The number of nitrogens with one attached hydrogen (secondary N) is 1. The highest BCUT2D eigenvalue weighted by molar-refractivity contribution is 5.78.